The third-order valence-corrected chi connectivity index (χ3v) is 3.91. The molecule has 0 unspecified atom stereocenters. The van der Waals surface area contributed by atoms with E-state index in [-0.39, 0.29) is 0 Å². The average molecular weight is 320 g/mol. The lowest BCUT2D eigenvalue weighted by Crippen LogP contribution is -2.20. The molecule has 0 amide bonds. The molecule has 3 rings (SSSR count). The van der Waals surface area contributed by atoms with Crippen LogP contribution in [0.5, 0.6) is 0 Å². The van der Waals surface area contributed by atoms with E-state index < -0.39 is 0 Å². The number of para-hydroxylation sites is 1. The fraction of sp³-hybridized carbons (Fsp3) is 0.167. The molecule has 0 aliphatic rings. The molecule has 2 N–H and O–H groups in total. The van der Waals surface area contributed by atoms with E-state index in [2.05, 4.69) is 21.9 Å². The number of hydrogen-bond acceptors (Lipinski definition) is 4. The summed E-state index contributed by atoms with van der Waals surface area (Å²) in [4.78, 5) is 4.68. The zero-order chi connectivity index (χ0) is 17.1. The number of hydrogen-bond donors (Lipinski definition) is 1. The number of fused-ring (bicyclic) bond motifs is 1. The van der Waals surface area contributed by atoms with Gasteiger partial charge in [-0.2, -0.15) is 0 Å². The maximum Gasteiger partial charge on any atom is 0.134 e. The van der Waals surface area contributed by atoms with Crippen LogP contribution in [0.4, 0.5) is 0 Å². The highest BCUT2D eigenvalue weighted by atomic mass is 15.4. The fourth-order valence-corrected chi connectivity index (χ4v) is 2.40. The Labute approximate surface area is 140 Å². The summed E-state index contributed by atoms with van der Waals surface area (Å²) in [5.41, 5.74) is 11.1. The van der Waals surface area contributed by atoms with Crippen LogP contribution in [0.1, 0.15) is 6.92 Å². The molecule has 0 spiro atoms. The SMILES string of the molecule is C=C/C(C)=C(/CN)N=c1cc(-n2nnc3ccccc32)ccn1C. The monoisotopic (exact) mass is 320 g/mol. The van der Waals surface area contributed by atoms with Gasteiger partial charge in [0.05, 0.1) is 16.9 Å². The first-order chi connectivity index (χ1) is 11.6. The molecule has 3 aromatic rings. The topological polar surface area (TPSA) is 74.0 Å². The van der Waals surface area contributed by atoms with Crippen LogP contribution in [0, 0.1) is 0 Å². The highest BCUT2D eigenvalue weighted by Gasteiger charge is 2.06. The first-order valence-electron chi connectivity index (χ1n) is 7.68. The lowest BCUT2D eigenvalue weighted by atomic mass is 10.2. The largest absolute Gasteiger partial charge is 0.336 e. The number of pyridine rings is 1. The van der Waals surface area contributed by atoms with Crippen molar-refractivity contribution in [3.8, 4) is 5.69 Å². The number of benzene rings is 1. The molecule has 0 aliphatic carbocycles. The molecule has 0 fully saturated rings. The van der Waals surface area contributed by atoms with Gasteiger partial charge in [-0.25, -0.2) is 9.67 Å². The van der Waals surface area contributed by atoms with Crippen LogP contribution >= 0.6 is 0 Å². The van der Waals surface area contributed by atoms with Crippen LogP contribution in [-0.4, -0.2) is 26.1 Å². The number of allylic oxidation sites excluding steroid dienone is 2. The first kappa shape index (κ1) is 15.9. The van der Waals surface area contributed by atoms with E-state index in [0.29, 0.717) is 6.54 Å². The van der Waals surface area contributed by atoms with E-state index >= 15 is 0 Å². The zero-order valence-corrected chi connectivity index (χ0v) is 13.8. The average Bonchev–Trinajstić information content (AvgIpc) is 3.04. The summed E-state index contributed by atoms with van der Waals surface area (Å²) in [7, 11) is 1.94. The standard InChI is InChI=1S/C18H20N6/c1-4-13(2)16(12-19)20-18-11-14(9-10-23(18)3)24-17-8-6-5-7-15(17)21-22-24/h4-11H,1,12,19H2,2-3H3/b16-13-,20-18?. The van der Waals surface area contributed by atoms with Crippen LogP contribution in [0.15, 0.2) is 71.5 Å². The number of aryl methyl sites for hydroxylation is 1. The van der Waals surface area contributed by atoms with Gasteiger partial charge in [0.2, 0.25) is 0 Å². The van der Waals surface area contributed by atoms with E-state index in [1.165, 1.54) is 0 Å². The smallest absolute Gasteiger partial charge is 0.134 e. The molecule has 0 aliphatic heterocycles. The minimum atomic E-state index is 0.355. The zero-order valence-electron chi connectivity index (χ0n) is 13.8. The highest BCUT2D eigenvalue weighted by molar-refractivity contribution is 5.75. The second-order valence-electron chi connectivity index (χ2n) is 5.49. The Morgan fingerprint density at radius 1 is 1.33 bits per heavy atom. The molecule has 0 atom stereocenters. The highest BCUT2D eigenvalue weighted by Crippen LogP contribution is 2.14. The predicted molar refractivity (Wildman–Crippen MR) is 95.4 cm³/mol. The Morgan fingerprint density at radius 2 is 2.12 bits per heavy atom. The molecule has 2 heterocycles. The van der Waals surface area contributed by atoms with E-state index in [4.69, 9.17) is 5.73 Å². The van der Waals surface area contributed by atoms with Gasteiger partial charge in [0, 0.05) is 25.9 Å². The van der Waals surface area contributed by atoms with Gasteiger partial charge < -0.3 is 10.3 Å². The summed E-state index contributed by atoms with van der Waals surface area (Å²) in [5.74, 6) is 0. The molecule has 24 heavy (non-hydrogen) atoms. The van der Waals surface area contributed by atoms with Crippen molar-refractivity contribution in [1.82, 2.24) is 19.6 Å². The Bertz CT molecular complexity index is 990. The fourth-order valence-electron chi connectivity index (χ4n) is 2.40. The van der Waals surface area contributed by atoms with Crippen molar-refractivity contribution >= 4 is 11.0 Å². The summed E-state index contributed by atoms with van der Waals surface area (Å²) in [6.07, 6.45) is 3.71. The van der Waals surface area contributed by atoms with Gasteiger partial charge >= 0.3 is 0 Å². The minimum Gasteiger partial charge on any atom is -0.336 e. The Balaban J connectivity index is 2.18. The van der Waals surface area contributed by atoms with Crippen molar-refractivity contribution < 1.29 is 0 Å². The Hall–Kier alpha value is -2.99. The summed E-state index contributed by atoms with van der Waals surface area (Å²) >= 11 is 0. The third-order valence-electron chi connectivity index (χ3n) is 3.91. The quantitative estimate of drug-likeness (QED) is 0.748. The van der Waals surface area contributed by atoms with Gasteiger partial charge in [0.25, 0.3) is 0 Å². The van der Waals surface area contributed by atoms with E-state index in [1.54, 1.807) is 10.8 Å². The molecule has 6 heteroatoms. The molecule has 1 aromatic carbocycles. The second kappa shape index (κ2) is 6.64. The number of aromatic nitrogens is 4. The lowest BCUT2D eigenvalue weighted by molar-refractivity contribution is 0.786. The van der Waals surface area contributed by atoms with E-state index in [0.717, 1.165) is 33.5 Å². The number of nitrogens with zero attached hydrogens (tertiary/aromatic N) is 5. The summed E-state index contributed by atoms with van der Waals surface area (Å²) in [6, 6.07) is 11.8. The second-order valence-corrected chi connectivity index (χ2v) is 5.49. The molecule has 6 nitrogen and oxygen atoms in total. The normalized spacial score (nSPS) is 13.2. The molecule has 122 valence electrons. The molecule has 0 saturated carbocycles. The van der Waals surface area contributed by atoms with Crippen LogP contribution in [0.25, 0.3) is 16.7 Å². The summed E-state index contributed by atoms with van der Waals surface area (Å²) < 4.78 is 3.75. The predicted octanol–water partition coefficient (Wildman–Crippen LogP) is 2.08. The number of rotatable bonds is 4. The molecule has 0 bridgehead atoms. The van der Waals surface area contributed by atoms with Gasteiger partial charge in [-0.15, -0.1) is 5.10 Å². The summed E-state index contributed by atoms with van der Waals surface area (Å²) in [6.45, 7) is 6.09. The van der Waals surface area contributed by atoms with Gasteiger partial charge in [0.15, 0.2) is 0 Å². The van der Waals surface area contributed by atoms with E-state index in [1.807, 2.05) is 61.1 Å². The molecular formula is C18H20N6. The van der Waals surface area contributed by atoms with Crippen molar-refractivity contribution in [2.24, 2.45) is 17.8 Å². The van der Waals surface area contributed by atoms with Gasteiger partial charge in [-0.1, -0.05) is 30.0 Å². The third kappa shape index (κ3) is 2.91. The Morgan fingerprint density at radius 3 is 2.88 bits per heavy atom. The number of nitrogens with two attached hydrogens (primary N) is 1. The van der Waals surface area contributed by atoms with Crippen LogP contribution in [0.2, 0.25) is 0 Å². The lowest BCUT2D eigenvalue weighted by Gasteiger charge is -2.07. The Kier molecular flexibility index (Phi) is 4.39. The summed E-state index contributed by atoms with van der Waals surface area (Å²) in [5, 5.41) is 8.45. The van der Waals surface area contributed by atoms with E-state index in [9.17, 15) is 0 Å². The van der Waals surface area contributed by atoms with Crippen LogP contribution < -0.4 is 11.2 Å². The maximum atomic E-state index is 5.82. The van der Waals surface area contributed by atoms with Crippen molar-refractivity contribution in [2.45, 2.75) is 6.92 Å². The van der Waals surface area contributed by atoms with Crippen molar-refractivity contribution in [2.75, 3.05) is 6.54 Å². The minimum absolute atomic E-state index is 0.355. The van der Waals surface area contributed by atoms with Gasteiger partial charge in [-0.3, -0.25) is 0 Å². The molecular weight excluding hydrogens is 300 g/mol. The molecule has 0 saturated heterocycles. The molecule has 0 radical (unpaired) electrons. The van der Waals surface area contributed by atoms with Crippen LogP contribution in [-0.2, 0) is 7.05 Å². The maximum absolute atomic E-state index is 5.82. The first-order valence-corrected chi connectivity index (χ1v) is 7.68. The van der Waals surface area contributed by atoms with Crippen molar-refractivity contribution in [3.05, 3.63) is 72.0 Å². The van der Waals surface area contributed by atoms with Crippen molar-refractivity contribution in [3.63, 3.8) is 0 Å². The van der Waals surface area contributed by atoms with Gasteiger partial charge in [-0.05, 0) is 30.7 Å². The molecule has 2 aromatic heterocycles. The van der Waals surface area contributed by atoms with Crippen LogP contribution in [0.3, 0.4) is 0 Å². The van der Waals surface area contributed by atoms with Crippen molar-refractivity contribution in [1.29, 1.82) is 0 Å². The van der Waals surface area contributed by atoms with Gasteiger partial charge in [0.1, 0.15) is 11.0 Å².